The summed E-state index contributed by atoms with van der Waals surface area (Å²) in [5.41, 5.74) is 4.36. The number of aromatic hydroxyl groups is 1. The Labute approximate surface area is 177 Å². The van der Waals surface area contributed by atoms with Crippen molar-refractivity contribution < 1.29 is 19.4 Å². The zero-order valence-electron chi connectivity index (χ0n) is 17.7. The van der Waals surface area contributed by atoms with Crippen LogP contribution in [0.1, 0.15) is 36.1 Å². The number of phenolic OH excluding ortho intramolecular Hbond substituents is 1. The van der Waals surface area contributed by atoms with Gasteiger partial charge in [0.1, 0.15) is 18.1 Å². The number of carbonyl (C=O) groups excluding carboxylic acids is 1. The molecule has 0 saturated heterocycles. The Morgan fingerprint density at radius 2 is 1.60 bits per heavy atom. The van der Waals surface area contributed by atoms with E-state index in [0.29, 0.717) is 11.4 Å². The summed E-state index contributed by atoms with van der Waals surface area (Å²) in [6, 6.07) is 20.7. The van der Waals surface area contributed by atoms with Crippen molar-refractivity contribution in [3.63, 3.8) is 0 Å². The van der Waals surface area contributed by atoms with Crippen LogP contribution in [0.2, 0.25) is 0 Å². The van der Waals surface area contributed by atoms with Crippen LogP contribution in [0.5, 0.6) is 11.5 Å². The number of amides is 1. The Balaban J connectivity index is 1.61. The van der Waals surface area contributed by atoms with E-state index in [-0.39, 0.29) is 12.0 Å². The van der Waals surface area contributed by atoms with Gasteiger partial charge in [-0.2, -0.15) is 0 Å². The number of anilines is 1. The molecule has 0 aliphatic carbocycles. The molecule has 3 rings (SSSR count). The minimum atomic E-state index is -0.507. The molecule has 1 amide bonds. The zero-order valence-corrected chi connectivity index (χ0v) is 17.7. The molecular formula is C25H27NO4. The van der Waals surface area contributed by atoms with Gasteiger partial charge in [-0.05, 0) is 59.5 Å². The average Bonchev–Trinajstić information content (AvgIpc) is 2.75. The van der Waals surface area contributed by atoms with Crippen LogP contribution in [0.15, 0.2) is 66.7 Å². The van der Waals surface area contributed by atoms with Crippen molar-refractivity contribution in [1.29, 1.82) is 0 Å². The summed E-state index contributed by atoms with van der Waals surface area (Å²) in [7, 11) is 1.61. The number of hydrogen-bond acceptors (Lipinski definition) is 4. The van der Waals surface area contributed by atoms with Crippen LogP contribution in [0, 0.1) is 6.92 Å². The highest BCUT2D eigenvalue weighted by atomic mass is 16.5. The van der Waals surface area contributed by atoms with Gasteiger partial charge in [-0.25, -0.2) is 4.79 Å². The normalized spacial score (nSPS) is 11.1. The van der Waals surface area contributed by atoms with Gasteiger partial charge < -0.3 is 14.6 Å². The van der Waals surface area contributed by atoms with E-state index in [2.05, 4.69) is 19.2 Å². The van der Waals surface area contributed by atoms with E-state index in [1.54, 1.807) is 13.2 Å². The number of hydrogen-bond donors (Lipinski definition) is 2. The van der Waals surface area contributed by atoms with Gasteiger partial charge in [0.25, 0.3) is 0 Å². The highest BCUT2D eigenvalue weighted by Crippen LogP contribution is 2.34. The third-order valence-electron chi connectivity index (χ3n) is 5.30. The molecule has 0 fully saturated rings. The summed E-state index contributed by atoms with van der Waals surface area (Å²) in [6.07, 6.45) is -0.507. The molecular weight excluding hydrogens is 378 g/mol. The van der Waals surface area contributed by atoms with E-state index < -0.39 is 6.09 Å². The van der Waals surface area contributed by atoms with E-state index in [0.717, 1.165) is 28.0 Å². The molecule has 156 valence electrons. The van der Waals surface area contributed by atoms with Gasteiger partial charge in [0.15, 0.2) is 0 Å². The monoisotopic (exact) mass is 405 g/mol. The molecule has 0 aliphatic heterocycles. The molecule has 0 atom stereocenters. The molecule has 3 aromatic rings. The van der Waals surface area contributed by atoms with Crippen LogP contribution in [0.4, 0.5) is 10.5 Å². The Hall–Kier alpha value is -3.47. The molecule has 0 heterocycles. The largest absolute Gasteiger partial charge is 0.508 e. The second-order valence-electron chi connectivity index (χ2n) is 7.75. The molecule has 5 nitrogen and oxygen atoms in total. The maximum absolute atomic E-state index is 12.1. The van der Waals surface area contributed by atoms with Crippen molar-refractivity contribution in [3.05, 3.63) is 89.0 Å². The molecule has 0 unspecified atom stereocenters. The molecule has 2 N–H and O–H groups in total. The van der Waals surface area contributed by atoms with Gasteiger partial charge in [0.05, 0.1) is 7.11 Å². The lowest BCUT2D eigenvalue weighted by molar-refractivity contribution is 0.155. The number of benzene rings is 3. The lowest BCUT2D eigenvalue weighted by Gasteiger charge is -2.27. The van der Waals surface area contributed by atoms with Crippen molar-refractivity contribution in [2.45, 2.75) is 32.8 Å². The predicted molar refractivity (Wildman–Crippen MR) is 118 cm³/mol. The first-order chi connectivity index (χ1) is 14.3. The molecule has 5 heteroatoms. The van der Waals surface area contributed by atoms with Crippen molar-refractivity contribution >= 4 is 11.8 Å². The van der Waals surface area contributed by atoms with Crippen LogP contribution in [0.25, 0.3) is 0 Å². The fourth-order valence-electron chi connectivity index (χ4n) is 3.21. The van der Waals surface area contributed by atoms with E-state index in [9.17, 15) is 9.90 Å². The van der Waals surface area contributed by atoms with Crippen molar-refractivity contribution in [2.24, 2.45) is 0 Å². The van der Waals surface area contributed by atoms with E-state index in [4.69, 9.17) is 9.47 Å². The second-order valence-corrected chi connectivity index (χ2v) is 7.75. The van der Waals surface area contributed by atoms with Gasteiger partial charge in [0.2, 0.25) is 0 Å². The minimum absolute atomic E-state index is 0.182. The molecule has 0 bridgehead atoms. The van der Waals surface area contributed by atoms with Crippen LogP contribution in [-0.4, -0.2) is 18.3 Å². The van der Waals surface area contributed by atoms with Crippen LogP contribution in [-0.2, 0) is 16.8 Å². The van der Waals surface area contributed by atoms with E-state index in [1.807, 2.05) is 67.6 Å². The number of phenols is 1. The predicted octanol–water partition coefficient (Wildman–Crippen LogP) is 5.78. The third kappa shape index (κ3) is 4.92. The number of rotatable bonds is 6. The van der Waals surface area contributed by atoms with Crippen molar-refractivity contribution in [1.82, 2.24) is 0 Å². The number of aryl methyl sites for hydroxylation is 1. The SMILES string of the molecule is COc1ccc(COC(=O)Nc2ccc(C(C)(C)c3ccc(O)c(C)c3)cc2)cc1. The highest BCUT2D eigenvalue weighted by Gasteiger charge is 2.23. The maximum atomic E-state index is 12.1. The first-order valence-corrected chi connectivity index (χ1v) is 9.77. The number of nitrogens with one attached hydrogen (secondary N) is 1. The van der Waals surface area contributed by atoms with Crippen molar-refractivity contribution in [3.8, 4) is 11.5 Å². The standard InChI is InChI=1S/C25H27NO4/c1-17-15-20(9-14-23(17)27)25(2,3)19-7-10-21(11-8-19)26-24(28)30-16-18-5-12-22(29-4)13-6-18/h5-15,27H,16H2,1-4H3,(H,26,28). The van der Waals surface area contributed by atoms with E-state index >= 15 is 0 Å². The lowest BCUT2D eigenvalue weighted by Crippen LogP contribution is -2.19. The fraction of sp³-hybridized carbons (Fsp3) is 0.240. The molecule has 0 spiro atoms. The number of methoxy groups -OCH3 is 1. The lowest BCUT2D eigenvalue weighted by atomic mass is 9.77. The first kappa shape index (κ1) is 21.2. The fourth-order valence-corrected chi connectivity index (χ4v) is 3.21. The van der Waals surface area contributed by atoms with Gasteiger partial charge in [-0.15, -0.1) is 0 Å². The van der Waals surface area contributed by atoms with Gasteiger partial charge >= 0.3 is 6.09 Å². The highest BCUT2D eigenvalue weighted by molar-refractivity contribution is 5.84. The minimum Gasteiger partial charge on any atom is -0.508 e. The molecule has 0 aromatic heterocycles. The average molecular weight is 405 g/mol. The summed E-state index contributed by atoms with van der Waals surface area (Å²) >= 11 is 0. The number of carbonyl (C=O) groups is 1. The first-order valence-electron chi connectivity index (χ1n) is 9.77. The second kappa shape index (κ2) is 8.91. The number of ether oxygens (including phenoxy) is 2. The summed E-state index contributed by atoms with van der Waals surface area (Å²) in [6.45, 7) is 6.33. The van der Waals surface area contributed by atoms with Gasteiger partial charge in [0, 0.05) is 11.1 Å². The third-order valence-corrected chi connectivity index (χ3v) is 5.30. The summed E-state index contributed by atoms with van der Waals surface area (Å²) in [4.78, 5) is 12.1. The summed E-state index contributed by atoms with van der Waals surface area (Å²) in [5, 5.41) is 12.5. The van der Waals surface area contributed by atoms with Crippen LogP contribution < -0.4 is 10.1 Å². The summed E-state index contributed by atoms with van der Waals surface area (Å²) < 4.78 is 10.4. The molecule has 30 heavy (non-hydrogen) atoms. The Kier molecular flexibility index (Phi) is 6.31. The quantitative estimate of drug-likeness (QED) is 0.545. The molecule has 3 aromatic carbocycles. The Morgan fingerprint density at radius 3 is 2.20 bits per heavy atom. The summed E-state index contributed by atoms with van der Waals surface area (Å²) in [5.74, 6) is 1.05. The van der Waals surface area contributed by atoms with Crippen LogP contribution >= 0.6 is 0 Å². The Bertz CT molecular complexity index is 1010. The molecule has 0 saturated carbocycles. The van der Waals surface area contributed by atoms with Crippen molar-refractivity contribution in [2.75, 3.05) is 12.4 Å². The molecule has 0 aliphatic rings. The Morgan fingerprint density at radius 1 is 0.967 bits per heavy atom. The van der Waals surface area contributed by atoms with E-state index in [1.165, 1.54) is 0 Å². The smallest absolute Gasteiger partial charge is 0.411 e. The maximum Gasteiger partial charge on any atom is 0.411 e. The topological polar surface area (TPSA) is 67.8 Å². The van der Waals surface area contributed by atoms with Crippen LogP contribution in [0.3, 0.4) is 0 Å². The zero-order chi connectivity index (χ0) is 21.7. The van der Waals surface area contributed by atoms with Gasteiger partial charge in [-0.3, -0.25) is 5.32 Å². The molecule has 0 radical (unpaired) electrons. The van der Waals surface area contributed by atoms with Gasteiger partial charge in [-0.1, -0.05) is 50.2 Å².